The first-order valence-corrected chi connectivity index (χ1v) is 5.38. The van der Waals surface area contributed by atoms with Gasteiger partial charge in [0.25, 0.3) is 0 Å². The smallest absolute Gasteiger partial charge is 0.242 e. The minimum Gasteiger partial charge on any atom is -0.371 e. The van der Waals surface area contributed by atoms with E-state index < -0.39 is 0 Å². The topological polar surface area (TPSA) is 53.2 Å². The Hall–Kier alpha value is -1.10. The average Bonchev–Trinajstić information content (AvgIpc) is 2.98. The summed E-state index contributed by atoms with van der Waals surface area (Å²) in [5, 5.41) is 0. The highest BCUT2D eigenvalue weighted by atomic mass is 16.6. The molecule has 15 heavy (non-hydrogen) atoms. The summed E-state index contributed by atoms with van der Waals surface area (Å²) in [5.74, 6) is 0.0932. The monoisotopic (exact) mass is 212 g/mol. The predicted molar refractivity (Wildman–Crippen MR) is 53.2 cm³/mol. The Labute approximate surface area is 89.0 Å². The fourth-order valence-electron chi connectivity index (χ4n) is 1.76. The van der Waals surface area contributed by atoms with Crippen LogP contribution in [-0.2, 0) is 14.3 Å². The third-order valence-corrected chi connectivity index (χ3v) is 2.68. The van der Waals surface area contributed by atoms with Gasteiger partial charge in [-0.15, -0.1) is 0 Å². The molecule has 5 nitrogen and oxygen atoms in total. The molecule has 0 N–H and O–H groups in total. The Morgan fingerprint density at radius 1 is 1.27 bits per heavy atom. The van der Waals surface area contributed by atoms with Crippen LogP contribution in [-0.4, -0.2) is 60.5 Å². The number of hydrogen-bond donors (Lipinski definition) is 0. The molecule has 2 aliphatic rings. The zero-order valence-corrected chi connectivity index (χ0v) is 8.94. The Kier molecular flexibility index (Phi) is 2.90. The molecule has 0 bridgehead atoms. The minimum atomic E-state index is 0.0403. The first-order valence-electron chi connectivity index (χ1n) is 5.38. The van der Waals surface area contributed by atoms with Gasteiger partial charge in [0.05, 0.1) is 25.8 Å². The Morgan fingerprint density at radius 2 is 1.87 bits per heavy atom. The van der Waals surface area contributed by atoms with E-state index in [-0.39, 0.29) is 31.0 Å². The Morgan fingerprint density at radius 3 is 2.47 bits per heavy atom. The molecule has 0 radical (unpaired) electrons. The molecule has 2 saturated heterocycles. The summed E-state index contributed by atoms with van der Waals surface area (Å²) < 4.78 is 5.05. The van der Waals surface area contributed by atoms with Crippen molar-refractivity contribution in [2.24, 2.45) is 0 Å². The highest BCUT2D eigenvalue weighted by molar-refractivity contribution is 5.92. The van der Waals surface area contributed by atoms with Crippen LogP contribution in [0, 0.1) is 0 Å². The van der Waals surface area contributed by atoms with Gasteiger partial charge in [0.2, 0.25) is 11.8 Å². The molecule has 0 aromatic rings. The van der Waals surface area contributed by atoms with Crippen molar-refractivity contribution in [1.82, 2.24) is 9.80 Å². The number of carbonyl (C=O) groups excluding carboxylic acids is 2. The van der Waals surface area contributed by atoms with E-state index in [1.165, 1.54) is 0 Å². The van der Waals surface area contributed by atoms with Crippen LogP contribution >= 0.6 is 0 Å². The molecule has 0 saturated carbocycles. The number of piperazine rings is 1. The lowest BCUT2D eigenvalue weighted by atomic mass is 10.2. The summed E-state index contributed by atoms with van der Waals surface area (Å²) in [4.78, 5) is 26.5. The summed E-state index contributed by atoms with van der Waals surface area (Å²) in [7, 11) is 0. The van der Waals surface area contributed by atoms with Gasteiger partial charge in [0, 0.05) is 13.1 Å². The van der Waals surface area contributed by atoms with Crippen LogP contribution in [0.4, 0.5) is 0 Å². The van der Waals surface area contributed by atoms with Crippen molar-refractivity contribution in [3.8, 4) is 0 Å². The second-order valence-electron chi connectivity index (χ2n) is 4.04. The van der Waals surface area contributed by atoms with Gasteiger partial charge in [0.15, 0.2) is 0 Å². The number of amides is 2. The maximum absolute atomic E-state index is 11.7. The lowest BCUT2D eigenvalue weighted by Gasteiger charge is -2.33. The van der Waals surface area contributed by atoms with E-state index >= 15 is 0 Å². The number of carbonyl (C=O) groups is 2. The molecule has 2 heterocycles. The average molecular weight is 212 g/mol. The van der Waals surface area contributed by atoms with Crippen LogP contribution in [0.1, 0.15) is 13.3 Å². The summed E-state index contributed by atoms with van der Waals surface area (Å²) >= 11 is 0. The lowest BCUT2D eigenvalue weighted by molar-refractivity contribution is -0.150. The number of nitrogens with zero attached hydrogens (tertiary/aromatic N) is 2. The van der Waals surface area contributed by atoms with Gasteiger partial charge in [-0.1, -0.05) is 6.92 Å². The molecule has 0 aliphatic carbocycles. The second kappa shape index (κ2) is 4.18. The largest absolute Gasteiger partial charge is 0.371 e. The molecule has 1 atom stereocenters. The summed E-state index contributed by atoms with van der Waals surface area (Å²) in [6, 6.07) is 0. The molecule has 5 heteroatoms. The normalized spacial score (nSPS) is 26.1. The molecule has 0 spiro atoms. The third-order valence-electron chi connectivity index (χ3n) is 2.68. The quantitative estimate of drug-likeness (QED) is 0.588. The van der Waals surface area contributed by atoms with E-state index in [0.29, 0.717) is 13.1 Å². The van der Waals surface area contributed by atoms with Gasteiger partial charge < -0.3 is 14.5 Å². The highest BCUT2D eigenvalue weighted by Crippen LogP contribution is 2.13. The van der Waals surface area contributed by atoms with E-state index in [1.54, 1.807) is 9.80 Å². The van der Waals surface area contributed by atoms with Crippen molar-refractivity contribution >= 4 is 11.8 Å². The Balaban J connectivity index is 1.89. The number of rotatable bonds is 4. The Bertz CT molecular complexity index is 276. The van der Waals surface area contributed by atoms with Crippen molar-refractivity contribution in [1.29, 1.82) is 0 Å². The summed E-state index contributed by atoms with van der Waals surface area (Å²) in [6.45, 7) is 4.43. The molecule has 2 fully saturated rings. The molecular formula is C10H16N2O3. The zero-order chi connectivity index (χ0) is 10.8. The maximum atomic E-state index is 11.7. The molecule has 2 rings (SSSR count). The van der Waals surface area contributed by atoms with Crippen LogP contribution in [0.2, 0.25) is 0 Å². The number of hydrogen-bond acceptors (Lipinski definition) is 3. The van der Waals surface area contributed by atoms with Crippen LogP contribution in [0.25, 0.3) is 0 Å². The van der Waals surface area contributed by atoms with E-state index in [0.717, 1.165) is 13.0 Å². The summed E-state index contributed by atoms with van der Waals surface area (Å²) in [6.07, 6.45) is 1.06. The van der Waals surface area contributed by atoms with Gasteiger partial charge in [-0.2, -0.15) is 0 Å². The molecule has 1 unspecified atom stereocenters. The van der Waals surface area contributed by atoms with Crippen LogP contribution < -0.4 is 0 Å². The zero-order valence-electron chi connectivity index (χ0n) is 8.94. The SMILES string of the molecule is CCCN1CC(=O)N(CC2CO2)CC1=O. The van der Waals surface area contributed by atoms with Crippen molar-refractivity contribution in [2.45, 2.75) is 19.4 Å². The molecule has 84 valence electrons. The van der Waals surface area contributed by atoms with Crippen LogP contribution in [0.5, 0.6) is 0 Å². The van der Waals surface area contributed by atoms with Crippen molar-refractivity contribution in [3.63, 3.8) is 0 Å². The fraction of sp³-hybridized carbons (Fsp3) is 0.800. The minimum absolute atomic E-state index is 0.0403. The van der Waals surface area contributed by atoms with Gasteiger partial charge in [-0.25, -0.2) is 0 Å². The number of ether oxygens (including phenoxy) is 1. The highest BCUT2D eigenvalue weighted by Gasteiger charge is 2.34. The van der Waals surface area contributed by atoms with Crippen molar-refractivity contribution < 1.29 is 14.3 Å². The lowest BCUT2D eigenvalue weighted by Crippen LogP contribution is -2.54. The van der Waals surface area contributed by atoms with Crippen molar-refractivity contribution in [2.75, 3.05) is 32.8 Å². The van der Waals surface area contributed by atoms with Crippen LogP contribution in [0.3, 0.4) is 0 Å². The summed E-state index contributed by atoms with van der Waals surface area (Å²) in [5.41, 5.74) is 0. The molecule has 0 aromatic heterocycles. The van der Waals surface area contributed by atoms with Crippen LogP contribution in [0.15, 0.2) is 0 Å². The van der Waals surface area contributed by atoms with Gasteiger partial charge in [-0.3, -0.25) is 9.59 Å². The van der Waals surface area contributed by atoms with E-state index in [4.69, 9.17) is 4.74 Å². The number of epoxide rings is 1. The van der Waals surface area contributed by atoms with Gasteiger partial charge in [-0.05, 0) is 6.42 Å². The van der Waals surface area contributed by atoms with E-state index in [2.05, 4.69) is 0 Å². The molecule has 2 aliphatic heterocycles. The standard InChI is InChI=1S/C10H16N2O3/c1-2-3-11-5-10(14)12(6-9(11)13)4-8-7-15-8/h8H,2-7H2,1H3. The van der Waals surface area contributed by atoms with E-state index in [1.807, 2.05) is 6.92 Å². The van der Waals surface area contributed by atoms with Crippen molar-refractivity contribution in [3.05, 3.63) is 0 Å². The second-order valence-corrected chi connectivity index (χ2v) is 4.04. The van der Waals surface area contributed by atoms with E-state index in [9.17, 15) is 9.59 Å². The van der Waals surface area contributed by atoms with Gasteiger partial charge >= 0.3 is 0 Å². The first-order chi connectivity index (χ1) is 7.20. The predicted octanol–water partition coefficient (Wildman–Crippen LogP) is -0.534. The first kappa shape index (κ1) is 10.4. The maximum Gasteiger partial charge on any atom is 0.242 e. The molecular weight excluding hydrogens is 196 g/mol. The fourth-order valence-corrected chi connectivity index (χ4v) is 1.76. The molecule has 0 aromatic carbocycles. The van der Waals surface area contributed by atoms with Gasteiger partial charge in [0.1, 0.15) is 0 Å². The third kappa shape index (κ3) is 2.47. The molecule has 2 amide bonds.